The van der Waals surface area contributed by atoms with E-state index in [1.54, 1.807) is 25.4 Å². The number of hydrogen-bond acceptors (Lipinski definition) is 8. The second kappa shape index (κ2) is 18.2. The molecule has 1 saturated heterocycles. The molecular formula is C41H47N7O7. The molecule has 1 fully saturated rings. The van der Waals surface area contributed by atoms with Crippen molar-refractivity contribution in [1.82, 2.24) is 35.3 Å². The van der Waals surface area contributed by atoms with E-state index in [1.807, 2.05) is 65.2 Å². The zero-order valence-electron chi connectivity index (χ0n) is 31.2. The first-order valence-corrected chi connectivity index (χ1v) is 18.6. The number of fused-ring (bicyclic) bond motifs is 16. The lowest BCUT2D eigenvalue weighted by atomic mass is 10.0. The molecule has 3 N–H and O–H groups in total. The number of methoxy groups -OCH3 is 1. The van der Waals surface area contributed by atoms with Gasteiger partial charge in [0.15, 0.2) is 11.5 Å². The highest BCUT2D eigenvalue weighted by atomic mass is 16.5. The van der Waals surface area contributed by atoms with Gasteiger partial charge in [-0.15, -0.1) is 0 Å². The Morgan fingerprint density at radius 2 is 1.64 bits per heavy atom. The summed E-state index contributed by atoms with van der Waals surface area (Å²) in [5.74, 6) is -1.05. The third kappa shape index (κ3) is 9.50. The number of carbonyl (C=O) groups is 5. The first-order chi connectivity index (χ1) is 26.7. The Bertz CT molecular complexity index is 1990. The molecule has 3 aromatic carbocycles. The molecule has 2 bridgehead atoms. The van der Waals surface area contributed by atoms with Gasteiger partial charge in [-0.1, -0.05) is 60.7 Å². The quantitative estimate of drug-likeness (QED) is 0.253. The predicted molar refractivity (Wildman–Crippen MR) is 205 cm³/mol. The van der Waals surface area contributed by atoms with E-state index in [-0.39, 0.29) is 68.4 Å². The van der Waals surface area contributed by atoms with E-state index >= 15 is 0 Å². The molecule has 7 rings (SSSR count). The lowest BCUT2D eigenvalue weighted by Gasteiger charge is -2.27. The van der Waals surface area contributed by atoms with Crippen LogP contribution < -0.4 is 25.4 Å². The summed E-state index contributed by atoms with van der Waals surface area (Å²) in [7, 11) is 1.45. The van der Waals surface area contributed by atoms with Crippen molar-refractivity contribution >= 4 is 29.5 Å². The molecule has 0 aliphatic carbocycles. The predicted octanol–water partition coefficient (Wildman–Crippen LogP) is 3.27. The summed E-state index contributed by atoms with van der Waals surface area (Å²) < 4.78 is 13.3. The van der Waals surface area contributed by atoms with Crippen molar-refractivity contribution in [2.24, 2.45) is 0 Å². The number of aryl methyl sites for hydroxylation is 1. The van der Waals surface area contributed by atoms with Crippen molar-refractivity contribution in [2.45, 2.75) is 51.2 Å². The van der Waals surface area contributed by atoms with Crippen LogP contribution in [0.5, 0.6) is 11.5 Å². The molecule has 55 heavy (non-hydrogen) atoms. The van der Waals surface area contributed by atoms with Crippen LogP contribution in [-0.4, -0.2) is 107 Å². The Morgan fingerprint density at radius 1 is 0.891 bits per heavy atom. The summed E-state index contributed by atoms with van der Waals surface area (Å²) in [5, 5.41) is 8.47. The SMILES string of the molecule is COc1cc2ccc1OCCNC(=O)CN(C(=O)CCn1cnc(-c3ccccc3)c1-c1ccccc1)CCCNC(=O)[C@H]1CCCN1C(=O)[C@H](C)NC2=O. The van der Waals surface area contributed by atoms with Gasteiger partial charge in [0.2, 0.25) is 23.6 Å². The van der Waals surface area contributed by atoms with E-state index in [9.17, 15) is 24.0 Å². The molecule has 3 aliphatic heterocycles. The Morgan fingerprint density at radius 3 is 2.38 bits per heavy atom. The fourth-order valence-electron chi connectivity index (χ4n) is 6.93. The minimum absolute atomic E-state index is 0.1000. The molecule has 0 saturated carbocycles. The van der Waals surface area contributed by atoms with Gasteiger partial charge in [-0.3, -0.25) is 24.0 Å². The van der Waals surface area contributed by atoms with Crippen molar-refractivity contribution in [1.29, 1.82) is 0 Å². The van der Waals surface area contributed by atoms with Crippen LogP contribution in [0.25, 0.3) is 22.5 Å². The lowest BCUT2D eigenvalue weighted by Crippen LogP contribution is -2.52. The molecule has 0 unspecified atom stereocenters. The van der Waals surface area contributed by atoms with Crippen LogP contribution in [0.2, 0.25) is 0 Å². The van der Waals surface area contributed by atoms with Crippen LogP contribution >= 0.6 is 0 Å². The zero-order chi connectivity index (χ0) is 38.7. The summed E-state index contributed by atoms with van der Waals surface area (Å²) >= 11 is 0. The number of nitrogens with one attached hydrogen (secondary N) is 3. The summed E-state index contributed by atoms with van der Waals surface area (Å²) in [6, 6.07) is 22.9. The van der Waals surface area contributed by atoms with Crippen LogP contribution in [0.3, 0.4) is 0 Å². The monoisotopic (exact) mass is 749 g/mol. The van der Waals surface area contributed by atoms with Gasteiger partial charge in [-0.25, -0.2) is 4.98 Å². The molecule has 1 aromatic heterocycles. The third-order valence-electron chi connectivity index (χ3n) is 9.75. The van der Waals surface area contributed by atoms with Gasteiger partial charge in [0.05, 0.1) is 37.9 Å². The number of ether oxygens (including phenoxy) is 2. The maximum Gasteiger partial charge on any atom is 0.252 e. The highest BCUT2D eigenvalue weighted by Gasteiger charge is 2.36. The van der Waals surface area contributed by atoms with Crippen LogP contribution in [0.4, 0.5) is 0 Å². The van der Waals surface area contributed by atoms with E-state index in [0.29, 0.717) is 43.9 Å². The van der Waals surface area contributed by atoms with Crippen LogP contribution in [0.1, 0.15) is 43.0 Å². The Kier molecular flexibility index (Phi) is 12.8. The standard InChI is InChI=1S/C41H47N7O7/c1-28-41(53)48-22-9-15-32(48)40(52)43-19-10-21-46(26-35(49)42-20-24-55-33-17-16-31(39(51)45-28)25-34(33)54-2)36(50)18-23-47-27-44-37(29-11-5-3-6-12-29)38(47)30-13-7-4-8-14-30/h3-8,11-14,16-17,25,27-28,32H,9-10,15,18-24,26H2,1-2H3,(H,42,49)(H,43,52)(H,45,51)/t28-,32+/m0/s1. The molecule has 5 amide bonds. The molecule has 0 spiro atoms. The number of carbonyl (C=O) groups excluding carboxylic acids is 5. The first kappa shape index (κ1) is 38.5. The van der Waals surface area contributed by atoms with Gasteiger partial charge in [-0.05, 0) is 44.4 Å². The molecule has 4 aromatic rings. The van der Waals surface area contributed by atoms with Crippen molar-refractivity contribution < 1.29 is 33.4 Å². The van der Waals surface area contributed by atoms with Crippen molar-refractivity contribution in [3.63, 3.8) is 0 Å². The number of nitrogens with zero attached hydrogens (tertiary/aromatic N) is 4. The topological polar surface area (TPSA) is 164 Å². The number of aromatic nitrogens is 2. The molecule has 14 heteroatoms. The number of hydrogen-bond donors (Lipinski definition) is 3. The van der Waals surface area contributed by atoms with Gasteiger partial charge in [0.25, 0.3) is 5.91 Å². The average molecular weight is 750 g/mol. The van der Waals surface area contributed by atoms with Crippen molar-refractivity contribution in [3.8, 4) is 34.0 Å². The molecule has 14 nitrogen and oxygen atoms in total. The first-order valence-electron chi connectivity index (χ1n) is 18.6. The lowest BCUT2D eigenvalue weighted by molar-refractivity contribution is -0.139. The van der Waals surface area contributed by atoms with Crippen molar-refractivity contribution in [2.75, 3.05) is 46.4 Å². The fraction of sp³-hybridized carbons (Fsp3) is 0.366. The number of rotatable bonds is 6. The Labute approximate surface area is 320 Å². The molecule has 4 heterocycles. The molecule has 3 aliphatic rings. The van der Waals surface area contributed by atoms with Crippen LogP contribution in [0.15, 0.2) is 85.2 Å². The van der Waals surface area contributed by atoms with Gasteiger partial charge in [-0.2, -0.15) is 0 Å². The summed E-state index contributed by atoms with van der Waals surface area (Å²) in [6.45, 7) is 2.83. The number of amides is 5. The number of benzene rings is 3. The van der Waals surface area contributed by atoms with E-state index in [4.69, 9.17) is 14.5 Å². The molecule has 0 radical (unpaired) electrons. The number of imidazole rings is 1. The minimum Gasteiger partial charge on any atom is -0.493 e. The third-order valence-corrected chi connectivity index (χ3v) is 9.75. The summed E-state index contributed by atoms with van der Waals surface area (Å²) in [4.78, 5) is 74.6. The largest absolute Gasteiger partial charge is 0.493 e. The highest BCUT2D eigenvalue weighted by molar-refractivity contribution is 5.99. The second-order valence-corrected chi connectivity index (χ2v) is 13.5. The van der Waals surface area contributed by atoms with E-state index in [0.717, 1.165) is 22.5 Å². The zero-order valence-corrected chi connectivity index (χ0v) is 31.2. The normalized spacial score (nSPS) is 18.9. The average Bonchev–Trinajstić information content (AvgIpc) is 3.88. The maximum atomic E-state index is 13.8. The molecule has 288 valence electrons. The van der Waals surface area contributed by atoms with Crippen molar-refractivity contribution in [3.05, 3.63) is 90.8 Å². The fourth-order valence-corrected chi connectivity index (χ4v) is 6.93. The van der Waals surface area contributed by atoms with Gasteiger partial charge in [0.1, 0.15) is 18.7 Å². The van der Waals surface area contributed by atoms with Crippen LogP contribution in [-0.2, 0) is 25.7 Å². The van der Waals surface area contributed by atoms with Gasteiger partial charge in [0, 0.05) is 49.3 Å². The van der Waals surface area contributed by atoms with Gasteiger partial charge >= 0.3 is 0 Å². The Hall–Kier alpha value is -6.18. The van der Waals surface area contributed by atoms with E-state index in [1.165, 1.54) is 23.0 Å². The summed E-state index contributed by atoms with van der Waals surface area (Å²) in [6.07, 6.45) is 3.37. The maximum absolute atomic E-state index is 13.8. The molecule has 2 atom stereocenters. The van der Waals surface area contributed by atoms with Gasteiger partial charge < -0.3 is 39.8 Å². The Balaban J connectivity index is 1.18. The summed E-state index contributed by atoms with van der Waals surface area (Å²) in [5.41, 5.74) is 3.88. The minimum atomic E-state index is -0.875. The second-order valence-electron chi connectivity index (χ2n) is 13.5. The van der Waals surface area contributed by atoms with E-state index in [2.05, 4.69) is 16.0 Å². The van der Waals surface area contributed by atoms with Crippen LogP contribution in [0, 0.1) is 0 Å². The smallest absolute Gasteiger partial charge is 0.252 e. The van der Waals surface area contributed by atoms with E-state index < -0.39 is 18.0 Å². The molecular weight excluding hydrogens is 702 g/mol. The highest BCUT2D eigenvalue weighted by Crippen LogP contribution is 2.32.